The van der Waals surface area contributed by atoms with E-state index in [2.05, 4.69) is 0 Å². The summed E-state index contributed by atoms with van der Waals surface area (Å²) in [6, 6.07) is 0. The van der Waals surface area contributed by atoms with E-state index in [0.717, 1.165) is 4.90 Å². The van der Waals surface area contributed by atoms with Gasteiger partial charge >= 0.3 is 6.18 Å². The molecule has 6 heteroatoms. The Morgan fingerprint density at radius 1 is 1.35 bits per heavy atom. The Balaban J connectivity index is 4.74. The summed E-state index contributed by atoms with van der Waals surface area (Å²) < 4.78 is 37.0. The second kappa shape index (κ2) is 6.83. The number of nitrogens with two attached hydrogens (primary N) is 1. The Morgan fingerprint density at radius 3 is 2.18 bits per heavy atom. The van der Waals surface area contributed by atoms with E-state index < -0.39 is 24.5 Å². The highest BCUT2D eigenvalue weighted by Gasteiger charge is 2.35. The van der Waals surface area contributed by atoms with Crippen molar-refractivity contribution >= 4 is 5.91 Å². The van der Waals surface area contributed by atoms with Gasteiger partial charge in [0.25, 0.3) is 0 Å². The number of hydrogen-bond acceptors (Lipinski definition) is 2. The van der Waals surface area contributed by atoms with Gasteiger partial charge in [0.1, 0.15) is 6.54 Å². The molecule has 102 valence electrons. The molecule has 0 saturated heterocycles. The van der Waals surface area contributed by atoms with Crippen LogP contribution in [0.3, 0.4) is 0 Å². The first-order valence-electron chi connectivity index (χ1n) is 5.78. The van der Waals surface area contributed by atoms with Crippen molar-refractivity contribution in [3.05, 3.63) is 0 Å². The van der Waals surface area contributed by atoms with E-state index >= 15 is 0 Å². The molecule has 1 unspecified atom stereocenters. The van der Waals surface area contributed by atoms with Gasteiger partial charge in [0.2, 0.25) is 5.91 Å². The van der Waals surface area contributed by atoms with Crippen molar-refractivity contribution in [2.45, 2.75) is 33.4 Å². The van der Waals surface area contributed by atoms with Crippen LogP contribution in [0.2, 0.25) is 0 Å². The third kappa shape index (κ3) is 5.91. The maximum atomic E-state index is 12.3. The Morgan fingerprint density at radius 2 is 1.88 bits per heavy atom. The molecule has 0 aliphatic heterocycles. The van der Waals surface area contributed by atoms with Crippen LogP contribution in [0.5, 0.6) is 0 Å². The lowest BCUT2D eigenvalue weighted by Crippen LogP contribution is -2.45. The van der Waals surface area contributed by atoms with E-state index in [1.54, 1.807) is 20.8 Å². The van der Waals surface area contributed by atoms with Gasteiger partial charge in [-0.25, -0.2) is 0 Å². The van der Waals surface area contributed by atoms with Gasteiger partial charge in [0, 0.05) is 13.1 Å². The van der Waals surface area contributed by atoms with E-state index in [4.69, 9.17) is 5.73 Å². The molecule has 0 bridgehead atoms. The molecule has 0 spiro atoms. The predicted molar refractivity (Wildman–Crippen MR) is 60.3 cm³/mol. The molecule has 1 amide bonds. The van der Waals surface area contributed by atoms with E-state index in [9.17, 15) is 18.0 Å². The molecule has 0 aromatic rings. The summed E-state index contributed by atoms with van der Waals surface area (Å²) in [6.07, 6.45) is -3.86. The number of carbonyl (C=O) groups is 1. The van der Waals surface area contributed by atoms with Gasteiger partial charge in [0.05, 0.1) is 5.92 Å². The fraction of sp³-hybridized carbons (Fsp3) is 0.909. The summed E-state index contributed by atoms with van der Waals surface area (Å²) in [6.45, 7) is 4.31. The molecule has 0 aromatic carbocycles. The van der Waals surface area contributed by atoms with Crippen molar-refractivity contribution in [1.82, 2.24) is 4.90 Å². The Hall–Kier alpha value is -0.780. The van der Waals surface area contributed by atoms with Gasteiger partial charge in [-0.1, -0.05) is 20.8 Å². The number of rotatable bonds is 6. The average Bonchev–Trinajstić information content (AvgIpc) is 2.15. The van der Waals surface area contributed by atoms with E-state index in [-0.39, 0.29) is 19.0 Å². The highest BCUT2D eigenvalue weighted by atomic mass is 19.4. The fourth-order valence-corrected chi connectivity index (χ4v) is 1.65. The number of nitrogens with zero attached hydrogens (tertiary/aromatic N) is 1. The van der Waals surface area contributed by atoms with Crippen LogP contribution in [-0.2, 0) is 4.79 Å². The molecule has 0 radical (unpaired) electrons. The summed E-state index contributed by atoms with van der Waals surface area (Å²) in [5.41, 5.74) is 5.44. The van der Waals surface area contributed by atoms with E-state index in [0.29, 0.717) is 6.42 Å². The van der Waals surface area contributed by atoms with Crippen LogP contribution in [0.1, 0.15) is 27.2 Å². The molecule has 0 aliphatic carbocycles. The average molecular weight is 254 g/mol. The summed E-state index contributed by atoms with van der Waals surface area (Å²) in [4.78, 5) is 12.8. The molecule has 0 rings (SSSR count). The molecule has 3 nitrogen and oxygen atoms in total. The fourth-order valence-electron chi connectivity index (χ4n) is 1.65. The first kappa shape index (κ1) is 16.2. The Bertz CT molecular complexity index is 241. The van der Waals surface area contributed by atoms with Crippen LogP contribution in [-0.4, -0.2) is 36.6 Å². The standard InChI is InChI=1S/C11H21F3N2O/c1-4-5-16(7-11(12,13)14)10(17)9(6-15)8(2)3/h8-9H,4-7,15H2,1-3H3. The van der Waals surface area contributed by atoms with Crippen LogP contribution in [0.15, 0.2) is 0 Å². The Labute approximate surface area is 100 Å². The van der Waals surface area contributed by atoms with Gasteiger partial charge in [0.15, 0.2) is 0 Å². The molecule has 17 heavy (non-hydrogen) atoms. The van der Waals surface area contributed by atoms with Crippen molar-refractivity contribution in [2.24, 2.45) is 17.6 Å². The number of halogens is 3. The van der Waals surface area contributed by atoms with Crippen LogP contribution in [0, 0.1) is 11.8 Å². The molecule has 0 saturated carbocycles. The van der Waals surface area contributed by atoms with Crippen molar-refractivity contribution in [1.29, 1.82) is 0 Å². The molecular weight excluding hydrogens is 233 g/mol. The summed E-state index contributed by atoms with van der Waals surface area (Å²) in [5, 5.41) is 0. The minimum atomic E-state index is -4.36. The monoisotopic (exact) mass is 254 g/mol. The molecule has 0 heterocycles. The van der Waals surface area contributed by atoms with Gasteiger partial charge in [-0.15, -0.1) is 0 Å². The van der Waals surface area contributed by atoms with Crippen molar-refractivity contribution in [3.63, 3.8) is 0 Å². The molecule has 0 aromatic heterocycles. The van der Waals surface area contributed by atoms with Crippen molar-refractivity contribution < 1.29 is 18.0 Å². The molecule has 0 aliphatic rings. The smallest absolute Gasteiger partial charge is 0.333 e. The van der Waals surface area contributed by atoms with E-state index in [1.807, 2.05) is 0 Å². The molecule has 2 N–H and O–H groups in total. The van der Waals surface area contributed by atoms with Crippen LogP contribution < -0.4 is 5.73 Å². The number of alkyl halides is 3. The first-order valence-corrected chi connectivity index (χ1v) is 5.78. The number of amides is 1. The third-order valence-corrected chi connectivity index (χ3v) is 2.55. The van der Waals surface area contributed by atoms with Crippen LogP contribution in [0.25, 0.3) is 0 Å². The zero-order chi connectivity index (χ0) is 13.6. The molecular formula is C11H21F3N2O. The number of carbonyl (C=O) groups excluding carboxylic acids is 1. The quantitative estimate of drug-likeness (QED) is 0.788. The van der Waals surface area contributed by atoms with Gasteiger partial charge in [-0.05, 0) is 12.3 Å². The second-order valence-corrected chi connectivity index (χ2v) is 4.46. The van der Waals surface area contributed by atoms with Crippen molar-refractivity contribution in [3.8, 4) is 0 Å². The van der Waals surface area contributed by atoms with Gasteiger partial charge < -0.3 is 10.6 Å². The maximum absolute atomic E-state index is 12.3. The lowest BCUT2D eigenvalue weighted by molar-refractivity contribution is -0.164. The first-order chi connectivity index (χ1) is 7.72. The largest absolute Gasteiger partial charge is 0.406 e. The van der Waals surface area contributed by atoms with Crippen LogP contribution in [0.4, 0.5) is 13.2 Å². The number of hydrogen-bond donors (Lipinski definition) is 1. The lowest BCUT2D eigenvalue weighted by atomic mass is 9.94. The minimum Gasteiger partial charge on any atom is -0.333 e. The zero-order valence-electron chi connectivity index (χ0n) is 10.5. The highest BCUT2D eigenvalue weighted by Crippen LogP contribution is 2.20. The maximum Gasteiger partial charge on any atom is 0.406 e. The topological polar surface area (TPSA) is 46.3 Å². The summed E-state index contributed by atoms with van der Waals surface area (Å²) >= 11 is 0. The summed E-state index contributed by atoms with van der Waals surface area (Å²) in [5.74, 6) is -1.09. The third-order valence-electron chi connectivity index (χ3n) is 2.55. The van der Waals surface area contributed by atoms with Gasteiger partial charge in [-0.2, -0.15) is 13.2 Å². The lowest BCUT2D eigenvalue weighted by Gasteiger charge is -2.29. The Kier molecular flexibility index (Phi) is 6.52. The minimum absolute atomic E-state index is 0.0555. The molecule has 0 fully saturated rings. The van der Waals surface area contributed by atoms with Gasteiger partial charge in [-0.3, -0.25) is 4.79 Å². The van der Waals surface area contributed by atoms with Crippen LogP contribution >= 0.6 is 0 Å². The predicted octanol–water partition coefficient (Wildman–Crippen LogP) is 2.02. The normalized spacial score (nSPS) is 13.9. The second-order valence-electron chi connectivity index (χ2n) is 4.46. The zero-order valence-corrected chi connectivity index (χ0v) is 10.5. The SMILES string of the molecule is CCCN(CC(F)(F)F)C(=O)C(CN)C(C)C. The van der Waals surface area contributed by atoms with Crippen molar-refractivity contribution in [2.75, 3.05) is 19.6 Å². The summed E-state index contributed by atoms with van der Waals surface area (Å²) in [7, 11) is 0. The highest BCUT2D eigenvalue weighted by molar-refractivity contribution is 5.79. The molecule has 1 atom stereocenters. The van der Waals surface area contributed by atoms with E-state index in [1.165, 1.54) is 0 Å².